The quantitative estimate of drug-likeness (QED) is 0.849. The molecule has 0 amide bonds. The highest BCUT2D eigenvalue weighted by molar-refractivity contribution is 9.10. The molecule has 1 N–H and O–H groups in total. The Hall–Kier alpha value is -0.570. The molecular formula is C11H14BrF2NO3S. The number of hydrogen-bond donors (Lipinski definition) is 1. The van der Waals surface area contributed by atoms with Crippen LogP contribution in [0.1, 0.15) is 6.92 Å². The fourth-order valence-electron chi connectivity index (χ4n) is 1.45. The van der Waals surface area contributed by atoms with Crippen LogP contribution in [0.5, 0.6) is 0 Å². The summed E-state index contributed by atoms with van der Waals surface area (Å²) in [6.07, 6.45) is 0. The van der Waals surface area contributed by atoms with Crippen molar-refractivity contribution in [3.8, 4) is 0 Å². The summed E-state index contributed by atoms with van der Waals surface area (Å²) in [5.74, 6) is -2.06. The van der Waals surface area contributed by atoms with Gasteiger partial charge in [-0.05, 0) is 27.9 Å². The van der Waals surface area contributed by atoms with Crippen LogP contribution in [-0.2, 0) is 14.8 Å². The van der Waals surface area contributed by atoms with Gasteiger partial charge in [0.05, 0.1) is 0 Å². The molecule has 1 rings (SSSR count). The van der Waals surface area contributed by atoms with Crippen LogP contribution >= 0.6 is 15.9 Å². The molecule has 0 aliphatic carbocycles. The summed E-state index contributed by atoms with van der Waals surface area (Å²) in [5, 5.41) is 0. The summed E-state index contributed by atoms with van der Waals surface area (Å²) in [6.45, 7) is 2.25. The normalized spacial score (nSPS) is 13.5. The first-order chi connectivity index (χ1) is 8.77. The number of ether oxygens (including phenoxy) is 1. The van der Waals surface area contributed by atoms with Crippen LogP contribution in [0.2, 0.25) is 0 Å². The second-order valence-electron chi connectivity index (χ2n) is 4.11. The van der Waals surface area contributed by atoms with Gasteiger partial charge in [-0.2, -0.15) is 0 Å². The maximum Gasteiger partial charge on any atom is 0.244 e. The summed E-state index contributed by atoms with van der Waals surface area (Å²) in [7, 11) is -2.54. The highest BCUT2D eigenvalue weighted by Gasteiger charge is 2.23. The number of benzene rings is 1. The molecule has 0 spiro atoms. The van der Waals surface area contributed by atoms with E-state index in [0.29, 0.717) is 12.7 Å². The second-order valence-corrected chi connectivity index (χ2v) is 6.67. The predicted molar refractivity (Wildman–Crippen MR) is 70.3 cm³/mol. The van der Waals surface area contributed by atoms with Crippen molar-refractivity contribution in [1.29, 1.82) is 0 Å². The van der Waals surface area contributed by atoms with Crippen LogP contribution in [-0.4, -0.2) is 28.7 Å². The molecule has 0 fully saturated rings. The second kappa shape index (κ2) is 6.74. The van der Waals surface area contributed by atoms with Gasteiger partial charge in [-0.1, -0.05) is 6.92 Å². The summed E-state index contributed by atoms with van der Waals surface area (Å²) in [4.78, 5) is -0.599. The molecule has 0 bridgehead atoms. The lowest BCUT2D eigenvalue weighted by atomic mass is 10.2. The third-order valence-electron chi connectivity index (χ3n) is 2.30. The molecule has 0 heterocycles. The molecule has 1 atom stereocenters. The molecule has 1 unspecified atom stereocenters. The van der Waals surface area contributed by atoms with Gasteiger partial charge >= 0.3 is 0 Å². The lowest BCUT2D eigenvalue weighted by Gasteiger charge is -2.13. The van der Waals surface area contributed by atoms with Crippen molar-refractivity contribution in [2.45, 2.75) is 11.8 Å². The highest BCUT2D eigenvalue weighted by Crippen LogP contribution is 2.26. The van der Waals surface area contributed by atoms with Gasteiger partial charge in [0.25, 0.3) is 0 Å². The first kappa shape index (κ1) is 16.5. The minimum atomic E-state index is -4.05. The van der Waals surface area contributed by atoms with Crippen LogP contribution in [0.4, 0.5) is 8.78 Å². The van der Waals surface area contributed by atoms with Gasteiger partial charge in [0.15, 0.2) is 0 Å². The molecule has 0 aliphatic rings. The molecule has 1 aromatic rings. The van der Waals surface area contributed by atoms with Crippen molar-refractivity contribution in [2.24, 2.45) is 5.92 Å². The molecule has 0 radical (unpaired) electrons. The Labute approximate surface area is 119 Å². The van der Waals surface area contributed by atoms with Crippen molar-refractivity contribution in [3.05, 3.63) is 28.2 Å². The Morgan fingerprint density at radius 2 is 2.05 bits per heavy atom. The average molecular weight is 358 g/mol. The highest BCUT2D eigenvalue weighted by atomic mass is 79.9. The number of hydrogen-bond acceptors (Lipinski definition) is 3. The Balaban J connectivity index is 2.95. The summed E-state index contributed by atoms with van der Waals surface area (Å²) in [5.41, 5.74) is 0. The van der Waals surface area contributed by atoms with E-state index >= 15 is 0 Å². The predicted octanol–water partition coefficient (Wildman–Crippen LogP) is 2.29. The van der Waals surface area contributed by atoms with Crippen LogP contribution in [0.15, 0.2) is 21.5 Å². The molecular weight excluding hydrogens is 344 g/mol. The van der Waals surface area contributed by atoms with E-state index in [9.17, 15) is 17.2 Å². The third kappa shape index (κ3) is 4.48. The van der Waals surface area contributed by atoms with E-state index in [1.54, 1.807) is 6.92 Å². The van der Waals surface area contributed by atoms with Crippen molar-refractivity contribution in [3.63, 3.8) is 0 Å². The molecule has 1 aromatic carbocycles. The van der Waals surface area contributed by atoms with E-state index in [2.05, 4.69) is 20.7 Å². The molecule has 0 aliphatic heterocycles. The summed E-state index contributed by atoms with van der Waals surface area (Å²) < 4.78 is 57.3. The molecule has 0 aromatic heterocycles. The van der Waals surface area contributed by atoms with E-state index in [1.807, 2.05) is 0 Å². The van der Waals surface area contributed by atoms with Gasteiger partial charge in [0.2, 0.25) is 10.0 Å². The van der Waals surface area contributed by atoms with Crippen LogP contribution in [0.3, 0.4) is 0 Å². The van der Waals surface area contributed by atoms with Crippen molar-refractivity contribution >= 4 is 26.0 Å². The summed E-state index contributed by atoms with van der Waals surface area (Å²) in [6, 6.07) is 1.42. The maximum atomic E-state index is 13.6. The molecule has 4 nitrogen and oxygen atoms in total. The van der Waals surface area contributed by atoms with E-state index in [0.717, 1.165) is 6.07 Å². The van der Waals surface area contributed by atoms with E-state index in [1.165, 1.54) is 7.11 Å². The zero-order valence-electron chi connectivity index (χ0n) is 10.4. The lowest BCUT2D eigenvalue weighted by molar-refractivity contribution is 0.161. The first-order valence-electron chi connectivity index (χ1n) is 5.41. The fourth-order valence-corrected chi connectivity index (χ4v) is 3.78. The lowest BCUT2D eigenvalue weighted by Crippen LogP contribution is -2.30. The van der Waals surface area contributed by atoms with Gasteiger partial charge in [0, 0.05) is 30.8 Å². The zero-order valence-corrected chi connectivity index (χ0v) is 12.8. The largest absolute Gasteiger partial charge is 0.384 e. The van der Waals surface area contributed by atoms with Gasteiger partial charge in [-0.3, -0.25) is 0 Å². The Morgan fingerprint density at radius 1 is 1.42 bits per heavy atom. The topological polar surface area (TPSA) is 55.4 Å². The Morgan fingerprint density at radius 3 is 2.58 bits per heavy atom. The first-order valence-corrected chi connectivity index (χ1v) is 7.68. The third-order valence-corrected chi connectivity index (χ3v) is 4.69. The summed E-state index contributed by atoms with van der Waals surface area (Å²) >= 11 is 2.85. The van der Waals surface area contributed by atoms with Crippen LogP contribution < -0.4 is 4.72 Å². The zero-order chi connectivity index (χ0) is 14.6. The van der Waals surface area contributed by atoms with Crippen LogP contribution in [0.25, 0.3) is 0 Å². The van der Waals surface area contributed by atoms with Gasteiger partial charge in [0.1, 0.15) is 16.5 Å². The Bertz CT molecular complexity index is 528. The van der Waals surface area contributed by atoms with Crippen LogP contribution in [0, 0.1) is 17.6 Å². The fraction of sp³-hybridized carbons (Fsp3) is 0.455. The smallest absolute Gasteiger partial charge is 0.244 e. The maximum absolute atomic E-state index is 13.6. The number of rotatable bonds is 6. The minimum absolute atomic E-state index is 0.0675. The molecule has 8 heteroatoms. The molecule has 0 saturated heterocycles. The Kier molecular flexibility index (Phi) is 5.84. The van der Waals surface area contributed by atoms with E-state index < -0.39 is 26.6 Å². The van der Waals surface area contributed by atoms with E-state index in [4.69, 9.17) is 4.74 Å². The molecule has 19 heavy (non-hydrogen) atoms. The van der Waals surface area contributed by atoms with E-state index in [-0.39, 0.29) is 16.9 Å². The monoisotopic (exact) mass is 357 g/mol. The number of halogens is 3. The van der Waals surface area contributed by atoms with Gasteiger partial charge < -0.3 is 4.74 Å². The SMILES string of the molecule is COCC(C)CNS(=O)(=O)c1c(F)cc(F)cc1Br. The average Bonchev–Trinajstić information content (AvgIpc) is 2.25. The van der Waals surface area contributed by atoms with Crippen molar-refractivity contribution in [2.75, 3.05) is 20.3 Å². The number of methoxy groups -OCH3 is 1. The minimum Gasteiger partial charge on any atom is -0.384 e. The van der Waals surface area contributed by atoms with Gasteiger partial charge in [-0.25, -0.2) is 21.9 Å². The van der Waals surface area contributed by atoms with Crippen molar-refractivity contribution < 1.29 is 21.9 Å². The number of sulfonamides is 1. The number of nitrogens with one attached hydrogen (secondary N) is 1. The standard InChI is InChI=1S/C11H14BrF2NO3S/c1-7(6-18-2)5-15-19(16,17)11-9(12)3-8(13)4-10(11)14/h3-4,7,15H,5-6H2,1-2H3. The molecule has 0 saturated carbocycles. The van der Waals surface area contributed by atoms with Crippen molar-refractivity contribution in [1.82, 2.24) is 4.72 Å². The van der Waals surface area contributed by atoms with Gasteiger partial charge in [-0.15, -0.1) is 0 Å². The molecule has 108 valence electrons.